The van der Waals surface area contributed by atoms with E-state index in [4.69, 9.17) is 9.47 Å². The monoisotopic (exact) mass is 423 g/mol. The summed E-state index contributed by atoms with van der Waals surface area (Å²) >= 11 is 0. The van der Waals surface area contributed by atoms with Gasteiger partial charge in [0.15, 0.2) is 11.5 Å². The van der Waals surface area contributed by atoms with Crippen molar-refractivity contribution in [2.75, 3.05) is 38.7 Å². The lowest BCUT2D eigenvalue weighted by molar-refractivity contribution is -0.130. The molecule has 0 saturated heterocycles. The summed E-state index contributed by atoms with van der Waals surface area (Å²) in [4.78, 5) is 37.9. The number of carbonyl (C=O) groups is 3. The van der Waals surface area contributed by atoms with E-state index in [1.54, 1.807) is 62.5 Å². The third-order valence-electron chi connectivity index (χ3n) is 4.67. The van der Waals surface area contributed by atoms with Crippen molar-refractivity contribution < 1.29 is 23.9 Å². The lowest BCUT2D eigenvalue weighted by Crippen LogP contribution is -2.36. The van der Waals surface area contributed by atoms with Crippen LogP contribution >= 0.6 is 0 Å². The molecule has 0 aliphatic carbocycles. The fourth-order valence-corrected chi connectivity index (χ4v) is 3.00. The molecule has 0 unspecified atom stereocenters. The van der Waals surface area contributed by atoms with Crippen molar-refractivity contribution in [2.45, 2.75) is 6.92 Å². The van der Waals surface area contributed by atoms with Crippen LogP contribution in [0.5, 0.6) is 11.5 Å². The number of anilines is 1. The van der Waals surface area contributed by atoms with Gasteiger partial charge in [-0.1, -0.05) is 12.1 Å². The molecule has 0 aromatic heterocycles. The summed E-state index contributed by atoms with van der Waals surface area (Å²) in [6.45, 7) is 3.07. The van der Waals surface area contributed by atoms with Gasteiger partial charge in [-0.15, -0.1) is 0 Å². The highest BCUT2D eigenvalue weighted by Crippen LogP contribution is 2.32. The quantitative estimate of drug-likeness (QED) is 0.667. The molecule has 0 saturated carbocycles. The molecule has 0 fully saturated rings. The average molecular weight is 423 g/mol. The van der Waals surface area contributed by atoms with Crippen LogP contribution in [0.1, 0.15) is 22.8 Å². The fraction of sp³-hybridized carbons (Fsp3) is 0.261. The lowest BCUT2D eigenvalue weighted by atomic mass is 10.1. The number of rotatable bonds is 7. The highest BCUT2D eigenvalue weighted by molar-refractivity contribution is 5.98. The molecule has 1 aliphatic rings. The van der Waals surface area contributed by atoms with Crippen LogP contribution in [0.25, 0.3) is 6.08 Å². The number of fused-ring (bicyclic) bond motifs is 1. The number of nitrogens with one attached hydrogen (secondary N) is 2. The molecule has 3 amide bonds. The van der Waals surface area contributed by atoms with Gasteiger partial charge in [0.25, 0.3) is 5.91 Å². The van der Waals surface area contributed by atoms with Gasteiger partial charge < -0.3 is 25.0 Å². The summed E-state index contributed by atoms with van der Waals surface area (Å²) in [5.41, 5.74) is 1.89. The van der Waals surface area contributed by atoms with E-state index in [1.807, 2.05) is 0 Å². The second kappa shape index (κ2) is 10.3. The topological polar surface area (TPSA) is 97.0 Å². The third-order valence-corrected chi connectivity index (χ3v) is 4.67. The van der Waals surface area contributed by atoms with Crippen molar-refractivity contribution in [3.8, 4) is 11.5 Å². The molecular formula is C23H25N3O5. The number of likely N-dealkylation sites (N-methyl/N-ethyl adjacent to an activating group) is 1. The summed E-state index contributed by atoms with van der Waals surface area (Å²) in [5, 5.41) is 5.33. The molecule has 0 spiro atoms. The molecule has 0 radical (unpaired) electrons. The van der Waals surface area contributed by atoms with Gasteiger partial charge in [-0.2, -0.15) is 0 Å². The molecule has 0 bridgehead atoms. The number of ether oxygens (including phenoxy) is 2. The number of hydrogen-bond acceptors (Lipinski definition) is 5. The van der Waals surface area contributed by atoms with Crippen LogP contribution in [-0.4, -0.2) is 56.0 Å². The van der Waals surface area contributed by atoms with Crippen LogP contribution in [0.2, 0.25) is 0 Å². The van der Waals surface area contributed by atoms with Crippen LogP contribution < -0.4 is 20.1 Å². The van der Waals surface area contributed by atoms with E-state index in [1.165, 1.54) is 11.0 Å². The Kier molecular flexibility index (Phi) is 7.26. The Balaban J connectivity index is 1.57. The Hall–Kier alpha value is -3.81. The summed E-state index contributed by atoms with van der Waals surface area (Å²) in [6, 6.07) is 12.0. The Morgan fingerprint density at radius 2 is 1.74 bits per heavy atom. The second-order valence-electron chi connectivity index (χ2n) is 6.79. The predicted octanol–water partition coefficient (Wildman–Crippen LogP) is 2.32. The number of nitrogens with zero attached hydrogens (tertiary/aromatic N) is 1. The molecule has 1 heterocycles. The minimum absolute atomic E-state index is 0.0796. The van der Waals surface area contributed by atoms with Crippen LogP contribution in [0.3, 0.4) is 0 Å². The first-order valence-corrected chi connectivity index (χ1v) is 9.98. The Morgan fingerprint density at radius 3 is 2.42 bits per heavy atom. The second-order valence-corrected chi connectivity index (χ2v) is 6.79. The van der Waals surface area contributed by atoms with Gasteiger partial charge in [0, 0.05) is 37.0 Å². The van der Waals surface area contributed by atoms with Gasteiger partial charge in [0.1, 0.15) is 19.8 Å². The maximum absolute atomic E-state index is 12.5. The molecule has 162 valence electrons. The standard InChI is InChI=1S/C23H25N3O5/c1-3-26(22(28)11-6-16-4-7-17(8-5-16)23(29)24-2)15-21(27)25-18-9-10-19-20(14-18)31-13-12-30-19/h4-11,14H,3,12-13,15H2,1-2H3,(H,24,29)(H,25,27)/b11-6+. The van der Waals surface area contributed by atoms with Gasteiger partial charge in [0.05, 0.1) is 0 Å². The molecule has 0 atom stereocenters. The van der Waals surface area contributed by atoms with Gasteiger partial charge in [0.2, 0.25) is 11.8 Å². The van der Waals surface area contributed by atoms with Crippen molar-refractivity contribution >= 4 is 29.5 Å². The molecule has 2 aromatic carbocycles. The number of carbonyl (C=O) groups excluding carboxylic acids is 3. The number of benzene rings is 2. The van der Waals surface area contributed by atoms with E-state index >= 15 is 0 Å². The Bertz CT molecular complexity index is 985. The van der Waals surface area contributed by atoms with Crippen molar-refractivity contribution in [2.24, 2.45) is 0 Å². The van der Waals surface area contributed by atoms with E-state index in [2.05, 4.69) is 10.6 Å². The van der Waals surface area contributed by atoms with Crippen LogP contribution in [0.15, 0.2) is 48.5 Å². The number of amides is 3. The summed E-state index contributed by atoms with van der Waals surface area (Å²) in [7, 11) is 1.57. The zero-order valence-electron chi connectivity index (χ0n) is 17.5. The van der Waals surface area contributed by atoms with Crippen molar-refractivity contribution in [3.63, 3.8) is 0 Å². The van der Waals surface area contributed by atoms with Crippen molar-refractivity contribution in [1.29, 1.82) is 0 Å². The number of hydrogen-bond donors (Lipinski definition) is 2. The van der Waals surface area contributed by atoms with Crippen LogP contribution in [0.4, 0.5) is 5.69 Å². The van der Waals surface area contributed by atoms with Gasteiger partial charge in [-0.3, -0.25) is 14.4 Å². The first-order chi connectivity index (χ1) is 15.0. The molecule has 31 heavy (non-hydrogen) atoms. The minimum Gasteiger partial charge on any atom is -0.486 e. The highest BCUT2D eigenvalue weighted by atomic mass is 16.6. The van der Waals surface area contributed by atoms with Gasteiger partial charge in [-0.25, -0.2) is 0 Å². The molecule has 8 nitrogen and oxygen atoms in total. The zero-order valence-corrected chi connectivity index (χ0v) is 17.5. The molecule has 2 aromatic rings. The van der Waals surface area contributed by atoms with E-state index in [0.29, 0.717) is 42.5 Å². The van der Waals surface area contributed by atoms with E-state index in [-0.39, 0.29) is 24.3 Å². The zero-order chi connectivity index (χ0) is 22.2. The molecule has 2 N–H and O–H groups in total. The molecular weight excluding hydrogens is 398 g/mol. The predicted molar refractivity (Wildman–Crippen MR) is 117 cm³/mol. The summed E-state index contributed by atoms with van der Waals surface area (Å²) in [6.07, 6.45) is 3.06. The van der Waals surface area contributed by atoms with Crippen molar-refractivity contribution in [1.82, 2.24) is 10.2 Å². The normalized spacial score (nSPS) is 12.3. The van der Waals surface area contributed by atoms with Gasteiger partial charge >= 0.3 is 0 Å². The van der Waals surface area contributed by atoms with Crippen LogP contribution in [-0.2, 0) is 9.59 Å². The van der Waals surface area contributed by atoms with Crippen molar-refractivity contribution in [3.05, 3.63) is 59.7 Å². The van der Waals surface area contributed by atoms with E-state index < -0.39 is 0 Å². The molecule has 8 heteroatoms. The largest absolute Gasteiger partial charge is 0.486 e. The first kappa shape index (κ1) is 21.9. The smallest absolute Gasteiger partial charge is 0.251 e. The highest BCUT2D eigenvalue weighted by Gasteiger charge is 2.16. The maximum Gasteiger partial charge on any atom is 0.251 e. The van der Waals surface area contributed by atoms with E-state index in [9.17, 15) is 14.4 Å². The summed E-state index contributed by atoms with van der Waals surface area (Å²) < 4.78 is 11.0. The van der Waals surface area contributed by atoms with Crippen LogP contribution in [0, 0.1) is 0 Å². The lowest BCUT2D eigenvalue weighted by Gasteiger charge is -2.20. The van der Waals surface area contributed by atoms with E-state index in [0.717, 1.165) is 5.56 Å². The fourth-order valence-electron chi connectivity index (χ4n) is 3.00. The first-order valence-electron chi connectivity index (χ1n) is 9.98. The molecule has 3 rings (SSSR count). The maximum atomic E-state index is 12.5. The Labute approximate surface area is 180 Å². The SMILES string of the molecule is CCN(CC(=O)Nc1ccc2c(c1)OCCO2)C(=O)/C=C/c1ccc(C(=O)NC)cc1. The average Bonchev–Trinajstić information content (AvgIpc) is 2.80. The summed E-state index contributed by atoms with van der Waals surface area (Å²) in [5.74, 6) is 0.458. The minimum atomic E-state index is -0.310. The van der Waals surface area contributed by atoms with Gasteiger partial charge in [-0.05, 0) is 42.8 Å². The Morgan fingerprint density at radius 1 is 1.03 bits per heavy atom. The molecule has 1 aliphatic heterocycles. The third kappa shape index (κ3) is 5.85.